The third-order valence-corrected chi connectivity index (χ3v) is 7.18. The van der Waals surface area contributed by atoms with Crippen LogP contribution in [0.5, 0.6) is 0 Å². The first-order valence-corrected chi connectivity index (χ1v) is 10.7. The molecule has 0 aliphatic carbocycles. The molecule has 3 aromatic carbocycles. The average molecular weight is 414 g/mol. The van der Waals surface area contributed by atoms with Gasteiger partial charge in [-0.2, -0.15) is 0 Å². The van der Waals surface area contributed by atoms with Crippen molar-refractivity contribution in [1.29, 1.82) is 0 Å². The summed E-state index contributed by atoms with van der Waals surface area (Å²) in [5.74, 6) is 0. The minimum atomic E-state index is -2.62. The summed E-state index contributed by atoms with van der Waals surface area (Å²) in [7, 11) is 1.79. The van der Waals surface area contributed by atoms with Crippen molar-refractivity contribution in [3.05, 3.63) is 71.0 Å². The highest BCUT2D eigenvalue weighted by atomic mass is 32.1. The second-order valence-corrected chi connectivity index (χ2v) is 9.08. The Labute approximate surface area is 187 Å². The molecule has 0 unspecified atom stereocenters. The molecule has 0 aliphatic heterocycles. The van der Waals surface area contributed by atoms with E-state index in [2.05, 4.69) is 18.2 Å². The van der Waals surface area contributed by atoms with E-state index in [9.17, 15) is 0 Å². The molecule has 3 heteroatoms. The lowest BCUT2D eigenvalue weighted by molar-refractivity contribution is -0.644. The summed E-state index contributed by atoms with van der Waals surface area (Å²) in [6.45, 7) is -1.23. The van der Waals surface area contributed by atoms with Crippen molar-refractivity contribution in [2.75, 3.05) is 0 Å². The minimum absolute atomic E-state index is 0.0971. The summed E-state index contributed by atoms with van der Waals surface area (Å²) in [5, 5.41) is 6.18. The SMILES string of the molecule is [2H]C([2H])([2H])c1c[n+](C)c2c3c(C)cccc3c3cc4c(cc3c2c1C([2H])([2H])[2H])sc1nc(C)ccc14. The van der Waals surface area contributed by atoms with Crippen LogP contribution >= 0.6 is 11.3 Å². The molecule has 0 saturated carbocycles. The number of aryl methyl sites for hydroxylation is 5. The van der Waals surface area contributed by atoms with Gasteiger partial charge in [-0.25, -0.2) is 9.55 Å². The Bertz CT molecular complexity index is 1900. The number of rotatable bonds is 0. The molecular formula is C27H23N2S+. The molecule has 0 N–H and O–H groups in total. The number of fused-ring (bicyclic) bond motifs is 9. The fraction of sp³-hybridized carbons (Fsp3) is 0.185. The van der Waals surface area contributed by atoms with E-state index in [0.717, 1.165) is 58.6 Å². The van der Waals surface area contributed by atoms with Gasteiger partial charge < -0.3 is 0 Å². The van der Waals surface area contributed by atoms with E-state index in [1.54, 1.807) is 23.0 Å². The van der Waals surface area contributed by atoms with Gasteiger partial charge in [0, 0.05) is 35.0 Å². The lowest BCUT2D eigenvalue weighted by atomic mass is 9.91. The van der Waals surface area contributed by atoms with Crippen molar-refractivity contribution in [3.63, 3.8) is 0 Å². The quantitative estimate of drug-likeness (QED) is 0.194. The number of thiophene rings is 1. The van der Waals surface area contributed by atoms with Crippen LogP contribution in [0.2, 0.25) is 0 Å². The minimum Gasteiger partial charge on any atom is -0.242 e. The lowest BCUT2D eigenvalue weighted by Gasteiger charge is -2.14. The number of hydrogen-bond acceptors (Lipinski definition) is 2. The number of nitrogens with zero attached hydrogens (tertiary/aromatic N) is 2. The number of aromatic nitrogens is 2. The standard InChI is InChI=1S/C27H23N2S/c1-14-7-6-8-18-20-11-21-19-10-9-16(3)28-27(19)30-23(21)12-22(20)25-17(4)15(2)13-29(5)26(25)24(14)18/h6-13H,1-5H3/q+1/i2D3,4D3. The van der Waals surface area contributed by atoms with E-state index in [1.165, 1.54) is 6.20 Å². The topological polar surface area (TPSA) is 16.8 Å². The van der Waals surface area contributed by atoms with Crippen molar-refractivity contribution < 1.29 is 12.8 Å². The molecule has 0 radical (unpaired) electrons. The maximum Gasteiger partial charge on any atom is 0.221 e. The first kappa shape index (κ1) is 12.6. The molecule has 0 spiro atoms. The molecule has 0 fully saturated rings. The van der Waals surface area contributed by atoms with Crippen LogP contribution in [0.15, 0.2) is 48.7 Å². The van der Waals surface area contributed by atoms with E-state index < -0.39 is 13.7 Å². The number of benzene rings is 3. The molecule has 0 bridgehead atoms. The van der Waals surface area contributed by atoms with Crippen molar-refractivity contribution in [1.82, 2.24) is 4.98 Å². The molecule has 2 nitrogen and oxygen atoms in total. The highest BCUT2D eigenvalue weighted by Gasteiger charge is 2.21. The number of hydrogen-bond donors (Lipinski definition) is 0. The van der Waals surface area contributed by atoms with Crippen molar-refractivity contribution in [2.45, 2.75) is 27.6 Å². The molecule has 6 rings (SSSR count). The summed E-state index contributed by atoms with van der Waals surface area (Å²) in [6.07, 6.45) is 1.47. The molecule has 146 valence electrons. The third-order valence-electron chi connectivity index (χ3n) is 6.12. The predicted octanol–water partition coefficient (Wildman–Crippen LogP) is 6.97. The second-order valence-electron chi connectivity index (χ2n) is 8.05. The van der Waals surface area contributed by atoms with Crippen LogP contribution in [-0.2, 0) is 7.05 Å². The van der Waals surface area contributed by atoms with Gasteiger partial charge in [-0.05, 0) is 79.1 Å². The van der Waals surface area contributed by atoms with Gasteiger partial charge in [-0.15, -0.1) is 11.3 Å². The normalized spacial score (nSPS) is 16.0. The summed E-state index contributed by atoms with van der Waals surface area (Å²) in [5.41, 5.74) is 2.43. The molecule has 0 aliphatic rings. The monoisotopic (exact) mass is 413 g/mol. The predicted molar refractivity (Wildman–Crippen MR) is 130 cm³/mol. The van der Waals surface area contributed by atoms with E-state index in [1.807, 2.05) is 38.1 Å². The van der Waals surface area contributed by atoms with E-state index in [-0.39, 0.29) is 11.1 Å². The fourth-order valence-corrected chi connectivity index (χ4v) is 5.89. The summed E-state index contributed by atoms with van der Waals surface area (Å²) >= 11 is 1.57. The molecule has 30 heavy (non-hydrogen) atoms. The van der Waals surface area contributed by atoms with Crippen LogP contribution in [0.3, 0.4) is 0 Å². The van der Waals surface area contributed by atoms with Crippen LogP contribution in [0.4, 0.5) is 0 Å². The fourth-order valence-electron chi connectivity index (χ4n) is 4.75. The first-order chi connectivity index (χ1) is 16.9. The van der Waals surface area contributed by atoms with Crippen molar-refractivity contribution in [3.8, 4) is 0 Å². The van der Waals surface area contributed by atoms with Gasteiger partial charge in [0.1, 0.15) is 11.9 Å². The van der Waals surface area contributed by atoms with Gasteiger partial charge in [-0.3, -0.25) is 0 Å². The van der Waals surface area contributed by atoms with Crippen molar-refractivity contribution >= 4 is 64.1 Å². The molecule has 0 amide bonds. The highest BCUT2D eigenvalue weighted by molar-refractivity contribution is 7.25. The third kappa shape index (κ3) is 2.24. The largest absolute Gasteiger partial charge is 0.242 e. The molecule has 3 heterocycles. The average Bonchev–Trinajstić information content (AvgIpc) is 3.12. The Morgan fingerprint density at radius 1 is 0.867 bits per heavy atom. The molecule has 6 aromatic rings. The van der Waals surface area contributed by atoms with Gasteiger partial charge >= 0.3 is 0 Å². The Hall–Kier alpha value is -3.04. The van der Waals surface area contributed by atoms with Crippen molar-refractivity contribution in [2.24, 2.45) is 7.05 Å². The Balaban J connectivity index is 1.99. The zero-order valence-corrected chi connectivity index (χ0v) is 17.7. The smallest absolute Gasteiger partial charge is 0.221 e. The molecular weight excluding hydrogens is 384 g/mol. The summed E-state index contributed by atoms with van der Waals surface area (Å²) < 4.78 is 52.5. The van der Waals surface area contributed by atoms with Gasteiger partial charge in [0.25, 0.3) is 0 Å². The maximum absolute atomic E-state index is 8.42. The van der Waals surface area contributed by atoms with Crippen LogP contribution in [0, 0.1) is 27.6 Å². The Morgan fingerprint density at radius 3 is 2.60 bits per heavy atom. The maximum atomic E-state index is 8.42. The Morgan fingerprint density at radius 2 is 1.77 bits per heavy atom. The molecule has 3 aromatic heterocycles. The zero-order chi connectivity index (χ0) is 25.7. The van der Waals surface area contributed by atoms with E-state index >= 15 is 0 Å². The van der Waals surface area contributed by atoms with E-state index in [0.29, 0.717) is 5.39 Å². The van der Waals surface area contributed by atoms with Crippen LogP contribution in [-0.4, -0.2) is 4.98 Å². The number of pyridine rings is 2. The zero-order valence-electron chi connectivity index (χ0n) is 22.9. The van der Waals surface area contributed by atoms with Gasteiger partial charge in [-0.1, -0.05) is 18.2 Å². The van der Waals surface area contributed by atoms with Gasteiger partial charge in [0.15, 0.2) is 6.20 Å². The first-order valence-electron chi connectivity index (χ1n) is 12.9. The van der Waals surface area contributed by atoms with Gasteiger partial charge in [0.05, 0.1) is 10.8 Å². The van der Waals surface area contributed by atoms with Gasteiger partial charge in [0.2, 0.25) is 5.52 Å². The highest BCUT2D eigenvalue weighted by Crippen LogP contribution is 2.42. The van der Waals surface area contributed by atoms with Crippen LogP contribution in [0.25, 0.3) is 52.8 Å². The Kier molecular flexibility index (Phi) is 2.52. The lowest BCUT2D eigenvalue weighted by Crippen LogP contribution is -2.30. The summed E-state index contributed by atoms with van der Waals surface area (Å²) in [4.78, 5) is 5.64. The summed E-state index contributed by atoms with van der Waals surface area (Å²) in [6, 6.07) is 14.3. The second kappa shape index (κ2) is 5.99. The van der Waals surface area contributed by atoms with Crippen LogP contribution in [0.1, 0.15) is 30.6 Å². The van der Waals surface area contributed by atoms with Crippen LogP contribution < -0.4 is 4.57 Å². The molecule has 0 saturated heterocycles. The molecule has 0 atom stereocenters. The van der Waals surface area contributed by atoms with E-state index in [4.69, 9.17) is 13.2 Å².